The van der Waals surface area contributed by atoms with E-state index in [2.05, 4.69) is 30.5 Å². The number of ether oxygens (including phenoxy) is 1. The lowest BCUT2D eigenvalue weighted by Gasteiger charge is -2.26. The number of halogens is 1. The van der Waals surface area contributed by atoms with Crippen LogP contribution in [0.5, 0.6) is 0 Å². The Morgan fingerprint density at radius 1 is 1.10 bits per heavy atom. The summed E-state index contributed by atoms with van der Waals surface area (Å²) in [6, 6.07) is 11.7. The van der Waals surface area contributed by atoms with Crippen LogP contribution in [0.1, 0.15) is 21.5 Å². The monoisotopic (exact) mass is 531 g/mol. The minimum absolute atomic E-state index is 0.248. The molecule has 1 amide bonds. The molecule has 0 aliphatic carbocycles. The van der Waals surface area contributed by atoms with Crippen molar-refractivity contribution in [3.8, 4) is 11.3 Å². The summed E-state index contributed by atoms with van der Waals surface area (Å²) in [4.78, 5) is 42.5. The first-order chi connectivity index (χ1) is 19.0. The average molecular weight is 532 g/mol. The fraction of sp³-hybridized carbons (Fsp3) is 0.321. The molecule has 2 aromatic carbocycles. The topological polar surface area (TPSA) is 114 Å². The predicted octanol–water partition coefficient (Wildman–Crippen LogP) is 3.26. The molecular weight excluding hydrogens is 501 g/mol. The number of anilines is 2. The van der Waals surface area contributed by atoms with Gasteiger partial charge in [-0.3, -0.25) is 19.1 Å². The number of nitrogens with zero attached hydrogens (tertiary/aromatic N) is 5. The second kappa shape index (κ2) is 11.7. The van der Waals surface area contributed by atoms with Gasteiger partial charge in [0, 0.05) is 50.0 Å². The largest absolute Gasteiger partial charge is 0.379 e. The molecule has 1 aliphatic rings. The number of nitrogens with one attached hydrogen (secondary N) is 2. The van der Waals surface area contributed by atoms with Crippen LogP contribution in [-0.2, 0) is 18.0 Å². The van der Waals surface area contributed by atoms with Gasteiger partial charge in [-0.15, -0.1) is 0 Å². The van der Waals surface area contributed by atoms with Crippen LogP contribution >= 0.6 is 0 Å². The summed E-state index contributed by atoms with van der Waals surface area (Å²) in [5.41, 5.74) is 3.59. The van der Waals surface area contributed by atoms with Crippen molar-refractivity contribution < 1.29 is 13.9 Å². The number of alkyl halides is 1. The number of aromatic nitrogens is 4. The van der Waals surface area contributed by atoms with E-state index in [1.54, 1.807) is 48.1 Å². The first-order valence-corrected chi connectivity index (χ1v) is 12.8. The van der Waals surface area contributed by atoms with E-state index in [4.69, 9.17) is 4.74 Å². The third-order valence-electron chi connectivity index (χ3n) is 6.75. The highest BCUT2D eigenvalue weighted by molar-refractivity contribution is 6.04. The molecule has 3 heterocycles. The number of fused-ring (bicyclic) bond motifs is 1. The zero-order chi connectivity index (χ0) is 27.4. The van der Waals surface area contributed by atoms with Gasteiger partial charge in [-0.2, -0.15) is 4.98 Å². The van der Waals surface area contributed by atoms with Crippen molar-refractivity contribution in [1.82, 2.24) is 24.4 Å². The maximum absolute atomic E-state index is 13.9. The van der Waals surface area contributed by atoms with Gasteiger partial charge in [-0.25, -0.2) is 14.4 Å². The Morgan fingerprint density at radius 2 is 1.92 bits per heavy atom. The SMILES string of the molecule is CNc1ncc2nc(-c3cc(NC(=O)c4cccc(CF)c4)ccc3C)c(=O)n(CCN3CCOCC3)c2n1. The van der Waals surface area contributed by atoms with Crippen molar-refractivity contribution in [3.05, 3.63) is 75.7 Å². The number of rotatable bonds is 8. The van der Waals surface area contributed by atoms with Gasteiger partial charge in [0.15, 0.2) is 5.65 Å². The molecule has 202 valence electrons. The highest BCUT2D eigenvalue weighted by Crippen LogP contribution is 2.25. The molecular formula is C28H30FN7O3. The molecule has 0 saturated carbocycles. The number of hydrogen-bond donors (Lipinski definition) is 2. The summed E-state index contributed by atoms with van der Waals surface area (Å²) < 4.78 is 20.2. The number of benzene rings is 2. The molecule has 0 unspecified atom stereocenters. The number of morpholine rings is 1. The van der Waals surface area contributed by atoms with Gasteiger partial charge < -0.3 is 15.4 Å². The summed E-state index contributed by atoms with van der Waals surface area (Å²) in [6.45, 7) is 5.25. The molecule has 0 atom stereocenters. The summed E-state index contributed by atoms with van der Waals surface area (Å²) in [7, 11) is 1.72. The van der Waals surface area contributed by atoms with Gasteiger partial charge in [0.2, 0.25) is 5.95 Å². The summed E-state index contributed by atoms with van der Waals surface area (Å²) >= 11 is 0. The van der Waals surface area contributed by atoms with Gasteiger partial charge in [-0.1, -0.05) is 18.2 Å². The molecule has 2 aromatic heterocycles. The van der Waals surface area contributed by atoms with Crippen LogP contribution < -0.4 is 16.2 Å². The van der Waals surface area contributed by atoms with Crippen LogP contribution in [0.25, 0.3) is 22.4 Å². The van der Waals surface area contributed by atoms with E-state index in [1.807, 2.05) is 13.0 Å². The second-order valence-corrected chi connectivity index (χ2v) is 9.34. The molecule has 0 radical (unpaired) electrons. The third kappa shape index (κ3) is 5.79. The van der Waals surface area contributed by atoms with Crippen LogP contribution in [-0.4, -0.2) is 70.2 Å². The van der Waals surface area contributed by atoms with Crippen molar-refractivity contribution >= 4 is 28.7 Å². The average Bonchev–Trinajstić information content (AvgIpc) is 2.97. The Hall–Kier alpha value is -4.22. The zero-order valence-corrected chi connectivity index (χ0v) is 21.9. The predicted molar refractivity (Wildman–Crippen MR) is 148 cm³/mol. The standard InChI is InChI=1S/C28H30FN7O3/c1-18-6-7-21(32-26(37)20-5-3-4-19(14-20)16-29)15-22(18)24-27(38)36(9-8-35-10-12-39-13-11-35)25-23(33-24)17-31-28(30-2)34-25/h3-7,14-15,17H,8-13,16H2,1-2H3,(H,32,37)(H,30,31,34). The van der Waals surface area contributed by atoms with Gasteiger partial charge in [0.05, 0.1) is 19.4 Å². The van der Waals surface area contributed by atoms with Crippen molar-refractivity contribution in [2.45, 2.75) is 20.1 Å². The summed E-state index contributed by atoms with van der Waals surface area (Å²) in [6.07, 6.45) is 1.60. The lowest BCUT2D eigenvalue weighted by atomic mass is 10.0. The molecule has 1 aliphatic heterocycles. The van der Waals surface area contributed by atoms with Crippen LogP contribution in [0.2, 0.25) is 0 Å². The Morgan fingerprint density at radius 3 is 2.69 bits per heavy atom. The molecule has 5 rings (SSSR count). The fourth-order valence-corrected chi connectivity index (χ4v) is 4.56. The van der Waals surface area contributed by atoms with Gasteiger partial charge in [-0.05, 0) is 42.3 Å². The van der Waals surface area contributed by atoms with Gasteiger partial charge in [0.25, 0.3) is 11.5 Å². The maximum Gasteiger partial charge on any atom is 0.278 e. The van der Waals surface area contributed by atoms with Crippen molar-refractivity contribution in [1.29, 1.82) is 0 Å². The smallest absolute Gasteiger partial charge is 0.278 e. The number of carbonyl (C=O) groups excluding carboxylic acids is 1. The first-order valence-electron chi connectivity index (χ1n) is 12.8. The van der Waals surface area contributed by atoms with Crippen molar-refractivity contribution in [3.63, 3.8) is 0 Å². The molecule has 0 bridgehead atoms. The quantitative estimate of drug-likeness (QED) is 0.356. The molecule has 4 aromatic rings. The molecule has 39 heavy (non-hydrogen) atoms. The minimum Gasteiger partial charge on any atom is -0.379 e. The third-order valence-corrected chi connectivity index (χ3v) is 6.75. The van der Waals surface area contributed by atoms with Crippen LogP contribution in [0, 0.1) is 6.92 Å². The minimum atomic E-state index is -0.652. The van der Waals surface area contributed by atoms with E-state index in [9.17, 15) is 14.0 Å². The Balaban J connectivity index is 1.52. The highest BCUT2D eigenvalue weighted by Gasteiger charge is 2.19. The van der Waals surface area contributed by atoms with E-state index in [-0.39, 0.29) is 17.2 Å². The van der Waals surface area contributed by atoms with E-state index in [1.165, 1.54) is 6.07 Å². The molecule has 11 heteroatoms. The van der Waals surface area contributed by atoms with Gasteiger partial charge >= 0.3 is 0 Å². The van der Waals surface area contributed by atoms with Gasteiger partial charge in [0.1, 0.15) is 17.9 Å². The molecule has 10 nitrogen and oxygen atoms in total. The lowest BCUT2D eigenvalue weighted by Crippen LogP contribution is -2.39. The van der Waals surface area contributed by atoms with E-state index >= 15 is 0 Å². The molecule has 1 saturated heterocycles. The van der Waals surface area contributed by atoms with E-state index < -0.39 is 6.67 Å². The van der Waals surface area contributed by atoms with Crippen LogP contribution in [0.15, 0.2) is 53.5 Å². The molecule has 0 spiro atoms. The first kappa shape index (κ1) is 26.4. The van der Waals surface area contributed by atoms with E-state index in [0.29, 0.717) is 65.8 Å². The fourth-order valence-electron chi connectivity index (χ4n) is 4.56. The van der Waals surface area contributed by atoms with Crippen molar-refractivity contribution in [2.75, 3.05) is 50.5 Å². The second-order valence-electron chi connectivity index (χ2n) is 9.34. The molecule has 1 fully saturated rings. The Bertz CT molecular complexity index is 1570. The van der Waals surface area contributed by atoms with Crippen molar-refractivity contribution in [2.24, 2.45) is 0 Å². The number of amides is 1. The summed E-state index contributed by atoms with van der Waals surface area (Å²) in [5, 5.41) is 5.77. The Labute approximate surface area is 224 Å². The molecule has 2 N–H and O–H groups in total. The normalized spacial score (nSPS) is 13.9. The number of aryl methyl sites for hydroxylation is 1. The number of hydrogen-bond acceptors (Lipinski definition) is 8. The number of carbonyl (C=O) groups is 1. The lowest BCUT2D eigenvalue weighted by molar-refractivity contribution is 0.0364. The zero-order valence-electron chi connectivity index (χ0n) is 21.9. The van der Waals surface area contributed by atoms with E-state index in [0.717, 1.165) is 18.7 Å². The van der Waals surface area contributed by atoms with Crippen LogP contribution in [0.3, 0.4) is 0 Å². The maximum atomic E-state index is 13.9. The highest BCUT2D eigenvalue weighted by atomic mass is 19.1. The van der Waals surface area contributed by atoms with Crippen LogP contribution in [0.4, 0.5) is 16.0 Å². The summed E-state index contributed by atoms with van der Waals surface area (Å²) in [5.74, 6) is 0.0248. The Kier molecular flexibility index (Phi) is 7.89.